The third kappa shape index (κ3) is 5.30. The number of hydrogen-bond donors (Lipinski definition) is 0. The Bertz CT molecular complexity index is 1900. The van der Waals surface area contributed by atoms with Crippen LogP contribution in [0.4, 0.5) is 0 Å². The lowest BCUT2D eigenvalue weighted by Gasteiger charge is -2.40. The maximum atomic E-state index is 14.2. The summed E-state index contributed by atoms with van der Waals surface area (Å²) in [5.41, 5.74) is 3.10. The number of hydrogen-bond acceptors (Lipinski definition) is 6. The summed E-state index contributed by atoms with van der Waals surface area (Å²) in [5, 5.41) is 0. The first-order valence-electron chi connectivity index (χ1n) is 15.2. The molecule has 1 aromatic heterocycles. The second-order valence-electron chi connectivity index (χ2n) is 12.4. The monoisotopic (exact) mass is 639 g/mol. The van der Waals surface area contributed by atoms with Crippen LogP contribution >= 0.6 is 0 Å². The largest absolute Gasteiger partial charge is 0.467 e. The van der Waals surface area contributed by atoms with E-state index in [1.807, 2.05) is 47.0 Å². The molecule has 9 nitrogen and oxygen atoms in total. The highest BCUT2D eigenvalue weighted by Crippen LogP contribution is 2.55. The van der Waals surface area contributed by atoms with Crippen molar-refractivity contribution in [3.05, 3.63) is 125 Å². The number of carbonyl (C=O) groups is 3. The molecule has 3 atom stereocenters. The van der Waals surface area contributed by atoms with Crippen molar-refractivity contribution in [1.82, 2.24) is 14.4 Å². The van der Waals surface area contributed by atoms with Crippen molar-refractivity contribution in [3.63, 3.8) is 0 Å². The zero-order valence-corrected chi connectivity index (χ0v) is 27.2. The minimum Gasteiger partial charge on any atom is -0.467 e. The highest BCUT2D eigenvalue weighted by Gasteiger charge is 2.64. The number of rotatable bonds is 8. The summed E-state index contributed by atoms with van der Waals surface area (Å²) in [7, 11) is 1.38. The van der Waals surface area contributed by atoms with Crippen molar-refractivity contribution < 1.29 is 27.5 Å². The van der Waals surface area contributed by atoms with Gasteiger partial charge in [-0.1, -0.05) is 60.7 Å². The average Bonchev–Trinajstić information content (AvgIpc) is 3.68. The predicted octanol–water partition coefficient (Wildman–Crippen LogP) is 4.21. The molecule has 238 valence electrons. The molecule has 0 radical (unpaired) electrons. The predicted molar refractivity (Wildman–Crippen MR) is 173 cm³/mol. The van der Waals surface area contributed by atoms with Crippen LogP contribution in [0.5, 0.6) is 0 Å². The van der Waals surface area contributed by atoms with Crippen LogP contribution in [0.15, 0.2) is 95.9 Å². The van der Waals surface area contributed by atoms with Crippen LogP contribution in [-0.4, -0.2) is 80.1 Å². The van der Waals surface area contributed by atoms with E-state index in [1.165, 1.54) is 18.3 Å². The molecule has 0 saturated carbocycles. The van der Waals surface area contributed by atoms with Crippen LogP contribution in [0.25, 0.3) is 0 Å². The lowest BCUT2D eigenvalue weighted by Crippen LogP contribution is -2.58. The molecule has 0 unspecified atom stereocenters. The van der Waals surface area contributed by atoms with Crippen LogP contribution in [0, 0.1) is 5.92 Å². The zero-order valence-electron chi connectivity index (χ0n) is 26.3. The first-order chi connectivity index (χ1) is 22.0. The summed E-state index contributed by atoms with van der Waals surface area (Å²) < 4.78 is 31.6. The summed E-state index contributed by atoms with van der Waals surface area (Å²) >= 11 is 0. The lowest BCUT2D eigenvalue weighted by molar-refractivity contribution is -0.153. The van der Waals surface area contributed by atoms with Crippen molar-refractivity contribution in [2.45, 2.75) is 35.7 Å². The fraction of sp³-hybridized carbons (Fsp3) is 0.306. The van der Waals surface area contributed by atoms with Gasteiger partial charge in [-0.3, -0.25) is 9.59 Å². The molecule has 0 N–H and O–H groups in total. The van der Waals surface area contributed by atoms with Crippen LogP contribution < -0.4 is 0 Å². The van der Waals surface area contributed by atoms with Crippen LogP contribution in [0.1, 0.15) is 49.1 Å². The first-order valence-corrected chi connectivity index (χ1v) is 17.1. The van der Waals surface area contributed by atoms with Crippen molar-refractivity contribution in [3.8, 4) is 0 Å². The molecule has 2 aliphatic rings. The molecule has 2 heterocycles. The molecule has 10 heteroatoms. The van der Waals surface area contributed by atoms with Gasteiger partial charge in [-0.15, -0.1) is 0 Å². The SMILES string of the molecule is COC(=O)[C@@]1(Cc2ccccc2)[C@H]2c3cc(C(=O)N(C)C)n(Cc4ccc(S(C)(=O)=O)cc4)c3C[C@H]2CN1C(=O)c1ccccc1. The Morgan fingerprint density at radius 2 is 1.54 bits per heavy atom. The van der Waals surface area contributed by atoms with E-state index in [4.69, 9.17) is 4.74 Å². The van der Waals surface area contributed by atoms with Gasteiger partial charge >= 0.3 is 5.97 Å². The summed E-state index contributed by atoms with van der Waals surface area (Å²) in [5.74, 6) is -1.45. The number of fused-ring (bicyclic) bond motifs is 3. The molecule has 1 aliphatic carbocycles. The van der Waals surface area contributed by atoms with E-state index >= 15 is 0 Å². The van der Waals surface area contributed by atoms with E-state index in [0.29, 0.717) is 30.8 Å². The highest BCUT2D eigenvalue weighted by atomic mass is 32.2. The number of amides is 2. The standard InChI is InChI=1S/C36H37N3O6S/c1-37(2)34(41)31-20-29-30(38(31)22-25-15-17-28(18-16-25)46(4,43)44)19-27-23-39(33(40)26-13-9-6-10-14-26)36(32(27)29,35(42)45-3)21-24-11-7-5-8-12-24/h5-18,20,27,32H,19,21-23H2,1-4H3/t27-,32+,36+/m0/s1. The van der Waals surface area contributed by atoms with E-state index in [1.54, 1.807) is 67.5 Å². The molecule has 3 aromatic carbocycles. The molecule has 0 spiro atoms. The van der Waals surface area contributed by atoms with Crippen molar-refractivity contribution in [2.75, 3.05) is 34.0 Å². The topological polar surface area (TPSA) is 106 Å². The van der Waals surface area contributed by atoms with E-state index in [9.17, 15) is 22.8 Å². The Morgan fingerprint density at radius 3 is 2.13 bits per heavy atom. The second-order valence-corrected chi connectivity index (χ2v) is 14.5. The molecule has 4 aromatic rings. The number of nitrogens with zero attached hydrogens (tertiary/aromatic N) is 3. The van der Waals surface area contributed by atoms with Crippen molar-refractivity contribution >= 4 is 27.6 Å². The van der Waals surface area contributed by atoms with Gasteiger partial charge in [0.05, 0.1) is 12.0 Å². The number of likely N-dealkylation sites (tertiary alicyclic amines) is 1. The summed E-state index contributed by atoms with van der Waals surface area (Å²) in [6, 6.07) is 27.2. The molecule has 2 amide bonds. The second kappa shape index (κ2) is 11.9. The molecule has 1 aliphatic heterocycles. The van der Waals surface area contributed by atoms with Crippen molar-refractivity contribution in [1.29, 1.82) is 0 Å². The number of carbonyl (C=O) groups excluding carboxylic acids is 3. The number of aromatic nitrogens is 1. The van der Waals surface area contributed by atoms with Crippen molar-refractivity contribution in [2.24, 2.45) is 5.92 Å². The fourth-order valence-corrected chi connectivity index (χ4v) is 7.95. The van der Waals surface area contributed by atoms with Gasteiger partial charge in [0, 0.05) is 57.0 Å². The molecule has 1 saturated heterocycles. The Balaban J connectivity index is 1.51. The van der Waals surface area contributed by atoms with Gasteiger partial charge in [-0.05, 0) is 59.4 Å². The van der Waals surface area contributed by atoms with E-state index in [0.717, 1.165) is 22.4 Å². The van der Waals surface area contributed by atoms with Gasteiger partial charge in [-0.2, -0.15) is 0 Å². The van der Waals surface area contributed by atoms with E-state index in [-0.39, 0.29) is 29.0 Å². The van der Waals surface area contributed by atoms with Gasteiger partial charge in [0.25, 0.3) is 11.8 Å². The number of esters is 1. The number of ether oxygens (including phenoxy) is 1. The van der Waals surface area contributed by atoms with Crippen LogP contribution in [-0.2, 0) is 38.8 Å². The molecule has 0 bridgehead atoms. The minimum absolute atomic E-state index is 0.0946. The summed E-state index contributed by atoms with van der Waals surface area (Å²) in [4.78, 5) is 45.5. The molecular formula is C36H37N3O6S. The maximum Gasteiger partial charge on any atom is 0.332 e. The normalized spacial score (nSPS) is 20.2. The molecule has 46 heavy (non-hydrogen) atoms. The summed E-state index contributed by atoms with van der Waals surface area (Å²) in [6.07, 6.45) is 1.96. The Kier molecular flexibility index (Phi) is 8.10. The number of benzene rings is 3. The quantitative estimate of drug-likeness (QED) is 0.268. The summed E-state index contributed by atoms with van der Waals surface area (Å²) in [6.45, 7) is 0.680. The lowest BCUT2D eigenvalue weighted by atomic mass is 9.75. The molecule has 6 rings (SSSR count). The Hall–Kier alpha value is -4.70. The molecule has 1 fully saturated rings. The van der Waals surface area contributed by atoms with Gasteiger partial charge in [-0.25, -0.2) is 13.2 Å². The number of methoxy groups -OCH3 is 1. The van der Waals surface area contributed by atoms with Crippen LogP contribution in [0.2, 0.25) is 0 Å². The zero-order chi connectivity index (χ0) is 32.8. The van der Waals surface area contributed by atoms with Gasteiger partial charge in [0.15, 0.2) is 15.4 Å². The minimum atomic E-state index is -3.36. The third-order valence-electron chi connectivity index (χ3n) is 9.36. The fourth-order valence-electron chi connectivity index (χ4n) is 7.32. The van der Waals surface area contributed by atoms with Crippen LogP contribution in [0.3, 0.4) is 0 Å². The van der Waals surface area contributed by atoms with Gasteiger partial charge in [0.1, 0.15) is 5.69 Å². The Labute approximate surface area is 269 Å². The van der Waals surface area contributed by atoms with Gasteiger partial charge in [0.2, 0.25) is 0 Å². The first kappa shape index (κ1) is 31.3. The van der Waals surface area contributed by atoms with Gasteiger partial charge < -0.3 is 19.1 Å². The number of sulfone groups is 1. The maximum absolute atomic E-state index is 14.2. The third-order valence-corrected chi connectivity index (χ3v) is 10.5. The average molecular weight is 640 g/mol. The van der Waals surface area contributed by atoms with E-state index in [2.05, 4.69) is 0 Å². The Morgan fingerprint density at radius 1 is 0.913 bits per heavy atom. The van der Waals surface area contributed by atoms with E-state index < -0.39 is 27.3 Å². The molecular weight excluding hydrogens is 602 g/mol. The smallest absolute Gasteiger partial charge is 0.332 e. The highest BCUT2D eigenvalue weighted by molar-refractivity contribution is 7.90.